The third-order valence-corrected chi connectivity index (χ3v) is 2.22. The van der Waals surface area contributed by atoms with Crippen molar-refractivity contribution in [3.63, 3.8) is 0 Å². The maximum absolute atomic E-state index is 5.51. The van der Waals surface area contributed by atoms with Gasteiger partial charge in [0.05, 0.1) is 6.10 Å². The fraction of sp³-hybridized carbons (Fsp3) is 1.00. The minimum Gasteiger partial charge on any atom is -0.359 e. The predicted molar refractivity (Wildman–Crippen MR) is 48.0 cm³/mol. The molecular formula is C9H19NO2. The Labute approximate surface area is 74.4 Å². The molecule has 2 unspecified atom stereocenters. The van der Waals surface area contributed by atoms with E-state index in [4.69, 9.17) is 9.47 Å². The van der Waals surface area contributed by atoms with Crippen LogP contribution in [0.15, 0.2) is 0 Å². The number of methoxy groups -OCH3 is 1. The predicted octanol–water partition coefficient (Wildman–Crippen LogP) is 1.14. The van der Waals surface area contributed by atoms with Crippen molar-refractivity contribution in [2.24, 2.45) is 0 Å². The smallest absolute Gasteiger partial charge is 0.146 e. The second-order valence-corrected chi connectivity index (χ2v) is 3.64. The molecule has 12 heavy (non-hydrogen) atoms. The normalized spacial score (nSPS) is 36.8. The van der Waals surface area contributed by atoms with Crippen molar-refractivity contribution in [3.8, 4) is 0 Å². The Balaban J connectivity index is 2.24. The van der Waals surface area contributed by atoms with Crippen LogP contribution in [0, 0.1) is 0 Å². The van der Waals surface area contributed by atoms with Crippen molar-refractivity contribution in [3.05, 3.63) is 0 Å². The zero-order valence-electron chi connectivity index (χ0n) is 8.17. The lowest BCUT2D eigenvalue weighted by Gasteiger charge is -2.32. The summed E-state index contributed by atoms with van der Waals surface area (Å²) in [5.74, 6) is 0. The molecule has 1 aliphatic rings. The molecule has 1 heterocycles. The van der Waals surface area contributed by atoms with Crippen LogP contribution in [0.5, 0.6) is 0 Å². The van der Waals surface area contributed by atoms with E-state index in [1.165, 1.54) is 0 Å². The fourth-order valence-electron chi connectivity index (χ4n) is 1.81. The lowest BCUT2D eigenvalue weighted by Crippen LogP contribution is -2.45. The summed E-state index contributed by atoms with van der Waals surface area (Å²) in [6, 6.07) is 1.13. The lowest BCUT2D eigenvalue weighted by atomic mass is 9.98. The van der Waals surface area contributed by atoms with E-state index in [0.717, 1.165) is 12.8 Å². The van der Waals surface area contributed by atoms with E-state index in [1.54, 1.807) is 7.11 Å². The molecule has 0 radical (unpaired) electrons. The molecule has 0 aliphatic carbocycles. The number of ether oxygens (including phenoxy) is 2. The van der Waals surface area contributed by atoms with E-state index in [0.29, 0.717) is 25.0 Å². The summed E-state index contributed by atoms with van der Waals surface area (Å²) >= 11 is 0. The van der Waals surface area contributed by atoms with Crippen molar-refractivity contribution in [1.82, 2.24) is 5.32 Å². The van der Waals surface area contributed by atoms with Gasteiger partial charge >= 0.3 is 0 Å². The minimum absolute atomic E-state index is 0.371. The summed E-state index contributed by atoms with van der Waals surface area (Å²) < 4.78 is 10.4. The van der Waals surface area contributed by atoms with Gasteiger partial charge < -0.3 is 14.8 Å². The third-order valence-electron chi connectivity index (χ3n) is 2.22. The SMILES string of the molecule is COCOC1CC(C)NC(C)C1. The van der Waals surface area contributed by atoms with Crippen LogP contribution in [0.25, 0.3) is 0 Å². The molecule has 1 saturated heterocycles. The summed E-state index contributed by atoms with van der Waals surface area (Å²) in [4.78, 5) is 0. The molecule has 1 aliphatic heterocycles. The van der Waals surface area contributed by atoms with Crippen LogP contribution in [0.1, 0.15) is 26.7 Å². The van der Waals surface area contributed by atoms with E-state index in [-0.39, 0.29) is 0 Å². The monoisotopic (exact) mass is 173 g/mol. The van der Waals surface area contributed by atoms with E-state index in [9.17, 15) is 0 Å². The standard InChI is InChI=1S/C9H19NO2/c1-7-4-9(12-6-11-3)5-8(2)10-7/h7-10H,4-6H2,1-3H3. The minimum atomic E-state index is 0.371. The molecule has 1 rings (SSSR count). The topological polar surface area (TPSA) is 30.5 Å². The second-order valence-electron chi connectivity index (χ2n) is 3.64. The average molecular weight is 173 g/mol. The van der Waals surface area contributed by atoms with Crippen LogP contribution >= 0.6 is 0 Å². The van der Waals surface area contributed by atoms with Crippen LogP contribution < -0.4 is 5.32 Å². The van der Waals surface area contributed by atoms with Crippen molar-refractivity contribution in [1.29, 1.82) is 0 Å². The zero-order chi connectivity index (χ0) is 8.97. The molecule has 1 N–H and O–H groups in total. The Kier molecular flexibility index (Phi) is 3.98. The maximum atomic E-state index is 5.51. The summed E-state index contributed by atoms with van der Waals surface area (Å²) in [6.45, 7) is 4.81. The van der Waals surface area contributed by atoms with Crippen LogP contribution in [-0.4, -0.2) is 32.1 Å². The van der Waals surface area contributed by atoms with E-state index < -0.39 is 0 Å². The lowest BCUT2D eigenvalue weighted by molar-refractivity contribution is -0.0875. The highest BCUT2D eigenvalue weighted by Gasteiger charge is 2.23. The first kappa shape index (κ1) is 9.96. The van der Waals surface area contributed by atoms with Crippen LogP contribution in [0.4, 0.5) is 0 Å². The van der Waals surface area contributed by atoms with Gasteiger partial charge in [-0.05, 0) is 26.7 Å². The first-order valence-corrected chi connectivity index (χ1v) is 4.59. The van der Waals surface area contributed by atoms with Gasteiger partial charge in [-0.2, -0.15) is 0 Å². The molecule has 72 valence electrons. The molecule has 0 amide bonds. The first-order valence-electron chi connectivity index (χ1n) is 4.59. The highest BCUT2D eigenvalue weighted by Crippen LogP contribution is 2.16. The number of nitrogens with one attached hydrogen (secondary N) is 1. The van der Waals surface area contributed by atoms with Crippen molar-refractivity contribution >= 4 is 0 Å². The number of piperidine rings is 1. The molecule has 0 spiro atoms. The summed E-state index contributed by atoms with van der Waals surface area (Å²) in [7, 11) is 1.66. The number of hydrogen-bond donors (Lipinski definition) is 1. The molecule has 3 heteroatoms. The Bertz CT molecular complexity index is 120. The zero-order valence-corrected chi connectivity index (χ0v) is 8.17. The highest BCUT2D eigenvalue weighted by atomic mass is 16.7. The van der Waals surface area contributed by atoms with Gasteiger partial charge in [0.1, 0.15) is 6.79 Å². The Morgan fingerprint density at radius 2 is 1.83 bits per heavy atom. The number of hydrogen-bond acceptors (Lipinski definition) is 3. The van der Waals surface area contributed by atoms with Gasteiger partial charge in [-0.15, -0.1) is 0 Å². The molecule has 0 bridgehead atoms. The molecule has 2 atom stereocenters. The van der Waals surface area contributed by atoms with Gasteiger partial charge in [-0.1, -0.05) is 0 Å². The Morgan fingerprint density at radius 3 is 2.33 bits per heavy atom. The van der Waals surface area contributed by atoms with Gasteiger partial charge in [0.25, 0.3) is 0 Å². The summed E-state index contributed by atoms with van der Waals surface area (Å²) in [5, 5.41) is 3.46. The van der Waals surface area contributed by atoms with Gasteiger partial charge in [0.15, 0.2) is 0 Å². The summed E-state index contributed by atoms with van der Waals surface area (Å²) in [6.07, 6.45) is 2.55. The first-order chi connectivity index (χ1) is 5.72. The van der Waals surface area contributed by atoms with Crippen LogP contribution in [-0.2, 0) is 9.47 Å². The molecule has 0 aromatic heterocycles. The molecule has 0 saturated carbocycles. The maximum Gasteiger partial charge on any atom is 0.146 e. The van der Waals surface area contributed by atoms with E-state index >= 15 is 0 Å². The van der Waals surface area contributed by atoms with Crippen molar-refractivity contribution < 1.29 is 9.47 Å². The highest BCUT2D eigenvalue weighted by molar-refractivity contribution is 4.80. The fourth-order valence-corrected chi connectivity index (χ4v) is 1.81. The average Bonchev–Trinajstić information content (AvgIpc) is 1.99. The molecule has 0 aromatic carbocycles. The van der Waals surface area contributed by atoms with Crippen molar-refractivity contribution in [2.75, 3.05) is 13.9 Å². The molecule has 0 aromatic rings. The van der Waals surface area contributed by atoms with Crippen LogP contribution in [0.2, 0.25) is 0 Å². The Morgan fingerprint density at radius 1 is 1.25 bits per heavy atom. The quantitative estimate of drug-likeness (QED) is 0.649. The van der Waals surface area contributed by atoms with Gasteiger partial charge in [0.2, 0.25) is 0 Å². The third kappa shape index (κ3) is 3.09. The van der Waals surface area contributed by atoms with E-state index in [1.807, 2.05) is 0 Å². The van der Waals surface area contributed by atoms with Gasteiger partial charge in [-0.3, -0.25) is 0 Å². The summed E-state index contributed by atoms with van der Waals surface area (Å²) in [5.41, 5.74) is 0. The second kappa shape index (κ2) is 4.80. The van der Waals surface area contributed by atoms with Gasteiger partial charge in [0, 0.05) is 19.2 Å². The van der Waals surface area contributed by atoms with E-state index in [2.05, 4.69) is 19.2 Å². The largest absolute Gasteiger partial charge is 0.359 e. The molecule has 3 nitrogen and oxygen atoms in total. The van der Waals surface area contributed by atoms with Crippen LogP contribution in [0.3, 0.4) is 0 Å². The van der Waals surface area contributed by atoms with Crippen molar-refractivity contribution in [2.45, 2.75) is 44.9 Å². The number of rotatable bonds is 3. The molecule has 1 fully saturated rings. The molecular weight excluding hydrogens is 154 g/mol. The Hall–Kier alpha value is -0.120. The van der Waals surface area contributed by atoms with Gasteiger partial charge in [-0.25, -0.2) is 0 Å².